The molecule has 1 unspecified atom stereocenters. The second kappa shape index (κ2) is 69.8. The molecule has 0 bridgehead atoms. The highest BCUT2D eigenvalue weighted by atomic mass is 16.6. The summed E-state index contributed by atoms with van der Waals surface area (Å²) in [6.45, 7) is 6.47. The van der Waals surface area contributed by atoms with Crippen molar-refractivity contribution in [3.05, 3.63) is 146 Å². The Morgan fingerprint density at radius 3 is 0.783 bits per heavy atom. The number of rotatable bonds is 61. The van der Waals surface area contributed by atoms with E-state index in [1.54, 1.807) is 0 Å². The van der Waals surface area contributed by atoms with Crippen molar-refractivity contribution in [3.8, 4) is 0 Å². The maximum absolute atomic E-state index is 12.9. The smallest absolute Gasteiger partial charge is 0.306 e. The number of carbonyl (C=O) groups is 3. The Bertz CT molecular complexity index is 1800. The SMILES string of the molecule is CC/C=C\C/C=C\C/C=C\C/C=C\C/C=C\C/C=C\C/C=C\C/C=C\C/C=C\CCCCCC(=O)OCC(COC(=O)CCCCCCC/C=C\C/C=C\CCCCC)OC(=O)CCCCCCCCCCC/C=C\CCCCCCCC. The fourth-order valence-electron chi connectivity index (χ4n) is 9.17. The van der Waals surface area contributed by atoms with E-state index >= 15 is 0 Å². The molecule has 0 saturated carbocycles. The third-order valence-electron chi connectivity index (χ3n) is 14.3. The molecule has 0 aliphatic heterocycles. The summed E-state index contributed by atoms with van der Waals surface area (Å²) < 4.78 is 16.9. The molecule has 0 aliphatic rings. The third-order valence-corrected chi connectivity index (χ3v) is 14.3. The maximum Gasteiger partial charge on any atom is 0.306 e. The molecule has 470 valence electrons. The molecule has 0 aromatic carbocycles. The molecule has 6 heteroatoms. The summed E-state index contributed by atoms with van der Waals surface area (Å²) in [5, 5.41) is 0. The Labute approximate surface area is 512 Å². The molecule has 0 aromatic rings. The van der Waals surface area contributed by atoms with Gasteiger partial charge in [0, 0.05) is 19.3 Å². The molecule has 1 atom stereocenters. The van der Waals surface area contributed by atoms with Gasteiger partial charge in [-0.1, -0.05) is 282 Å². The topological polar surface area (TPSA) is 78.9 Å². The van der Waals surface area contributed by atoms with E-state index < -0.39 is 6.10 Å². The van der Waals surface area contributed by atoms with Crippen molar-refractivity contribution < 1.29 is 28.6 Å². The molecule has 6 nitrogen and oxygen atoms in total. The summed E-state index contributed by atoms with van der Waals surface area (Å²) in [4.78, 5) is 38.4. The van der Waals surface area contributed by atoms with Gasteiger partial charge in [-0.3, -0.25) is 14.4 Å². The number of carbonyl (C=O) groups excluding carboxylic acids is 3. The van der Waals surface area contributed by atoms with Crippen LogP contribution in [-0.4, -0.2) is 37.2 Å². The van der Waals surface area contributed by atoms with Gasteiger partial charge < -0.3 is 14.2 Å². The predicted molar refractivity (Wildman–Crippen MR) is 362 cm³/mol. The van der Waals surface area contributed by atoms with Crippen LogP contribution in [0.2, 0.25) is 0 Å². The molecule has 0 heterocycles. The second-order valence-corrected chi connectivity index (χ2v) is 22.3. The lowest BCUT2D eigenvalue weighted by molar-refractivity contribution is -0.167. The summed E-state index contributed by atoms with van der Waals surface area (Å²) in [6, 6.07) is 0. The highest BCUT2D eigenvalue weighted by Gasteiger charge is 2.19. The summed E-state index contributed by atoms with van der Waals surface area (Å²) in [7, 11) is 0. The molecular formula is C77H126O6. The van der Waals surface area contributed by atoms with Crippen molar-refractivity contribution in [2.45, 2.75) is 309 Å². The minimum absolute atomic E-state index is 0.100. The average Bonchev–Trinajstić information content (AvgIpc) is 3.49. The number of esters is 3. The lowest BCUT2D eigenvalue weighted by atomic mass is 10.1. The normalized spacial score (nSPS) is 13.0. The minimum atomic E-state index is -0.806. The number of hydrogen-bond donors (Lipinski definition) is 0. The van der Waals surface area contributed by atoms with E-state index in [0.29, 0.717) is 19.3 Å². The van der Waals surface area contributed by atoms with Crippen LogP contribution in [0.25, 0.3) is 0 Å². The van der Waals surface area contributed by atoms with Crippen LogP contribution < -0.4 is 0 Å². The fourth-order valence-corrected chi connectivity index (χ4v) is 9.17. The van der Waals surface area contributed by atoms with Crippen molar-refractivity contribution in [2.75, 3.05) is 13.2 Å². The highest BCUT2D eigenvalue weighted by molar-refractivity contribution is 5.71. The largest absolute Gasteiger partial charge is 0.462 e. The van der Waals surface area contributed by atoms with Crippen molar-refractivity contribution in [1.82, 2.24) is 0 Å². The fraction of sp³-hybridized carbons (Fsp3) is 0.649. The number of unbranched alkanes of at least 4 members (excludes halogenated alkanes) is 26. The zero-order valence-electron chi connectivity index (χ0n) is 53.9. The van der Waals surface area contributed by atoms with E-state index in [1.807, 2.05) is 0 Å². The van der Waals surface area contributed by atoms with E-state index in [9.17, 15) is 14.4 Å². The van der Waals surface area contributed by atoms with Crippen LogP contribution in [-0.2, 0) is 28.6 Å². The second-order valence-electron chi connectivity index (χ2n) is 22.3. The van der Waals surface area contributed by atoms with E-state index in [0.717, 1.165) is 148 Å². The van der Waals surface area contributed by atoms with Gasteiger partial charge in [-0.2, -0.15) is 0 Å². The summed E-state index contributed by atoms with van der Waals surface area (Å²) in [5.74, 6) is -0.945. The third kappa shape index (κ3) is 68.0. The molecular weight excluding hydrogens is 1020 g/mol. The Morgan fingerprint density at radius 2 is 0.470 bits per heavy atom. The highest BCUT2D eigenvalue weighted by Crippen LogP contribution is 2.15. The quantitative estimate of drug-likeness (QED) is 0.0261. The predicted octanol–water partition coefficient (Wildman–Crippen LogP) is 23.9. The van der Waals surface area contributed by atoms with Crippen LogP contribution in [0.1, 0.15) is 303 Å². The molecule has 0 aromatic heterocycles. The molecule has 0 fully saturated rings. The maximum atomic E-state index is 12.9. The summed E-state index contributed by atoms with van der Waals surface area (Å²) in [6.07, 6.45) is 100.0. The monoisotopic (exact) mass is 1150 g/mol. The van der Waals surface area contributed by atoms with Gasteiger partial charge >= 0.3 is 17.9 Å². The van der Waals surface area contributed by atoms with E-state index in [-0.39, 0.29) is 31.1 Å². The van der Waals surface area contributed by atoms with Crippen molar-refractivity contribution in [3.63, 3.8) is 0 Å². The van der Waals surface area contributed by atoms with Crippen LogP contribution in [0.15, 0.2) is 146 Å². The Kier molecular flexibility index (Phi) is 65.8. The Hall–Kier alpha value is -4.71. The Balaban J connectivity index is 4.43. The van der Waals surface area contributed by atoms with Gasteiger partial charge in [0.15, 0.2) is 6.10 Å². The minimum Gasteiger partial charge on any atom is -0.462 e. The van der Waals surface area contributed by atoms with E-state index in [4.69, 9.17) is 14.2 Å². The number of hydrogen-bond acceptors (Lipinski definition) is 6. The molecule has 0 saturated heterocycles. The van der Waals surface area contributed by atoms with Gasteiger partial charge in [0.1, 0.15) is 13.2 Å². The zero-order chi connectivity index (χ0) is 59.9. The lowest BCUT2D eigenvalue weighted by Crippen LogP contribution is -2.30. The van der Waals surface area contributed by atoms with Crippen molar-refractivity contribution in [2.24, 2.45) is 0 Å². The van der Waals surface area contributed by atoms with E-state index in [2.05, 4.69) is 167 Å². The zero-order valence-corrected chi connectivity index (χ0v) is 53.9. The molecule has 83 heavy (non-hydrogen) atoms. The standard InChI is InChI=1S/C77H126O6/c1-4-7-10-13-16-19-22-25-28-30-32-33-34-35-36-37-38-39-40-41-42-43-45-46-49-52-55-58-61-64-67-70-76(79)82-73-74(72-81-75(78)69-66-63-60-57-54-51-48-27-24-21-18-15-12-9-6-3)83-77(80)71-68-65-62-59-56-53-50-47-44-31-29-26-23-20-17-14-11-8-5-2/h7,10,16,18-19,21,25-29,32-33,35-36,38-39,41-42,45-46,48,52,55,74H,4-6,8-9,11-15,17,20,22-24,30-31,34,37,40,43-44,47,49-51,53-54,56-73H2,1-3H3/b10-7-,19-16-,21-18-,28-25-,29-26-,33-32-,36-35-,39-38-,42-41-,46-45-,48-27-,55-52-. The first-order chi connectivity index (χ1) is 41.0. The number of allylic oxidation sites excluding steroid dienone is 24. The Morgan fingerprint density at radius 1 is 0.253 bits per heavy atom. The van der Waals surface area contributed by atoms with E-state index in [1.165, 1.54) is 116 Å². The summed E-state index contributed by atoms with van der Waals surface area (Å²) >= 11 is 0. The molecule has 0 spiro atoms. The van der Waals surface area contributed by atoms with Crippen LogP contribution in [0.4, 0.5) is 0 Å². The lowest BCUT2D eigenvalue weighted by Gasteiger charge is -2.18. The van der Waals surface area contributed by atoms with Gasteiger partial charge in [0.25, 0.3) is 0 Å². The number of ether oxygens (including phenoxy) is 3. The molecule has 0 aliphatic carbocycles. The van der Waals surface area contributed by atoms with Crippen LogP contribution >= 0.6 is 0 Å². The first kappa shape index (κ1) is 78.3. The van der Waals surface area contributed by atoms with Crippen LogP contribution in [0, 0.1) is 0 Å². The molecule has 0 rings (SSSR count). The van der Waals surface area contributed by atoms with Gasteiger partial charge in [-0.05, 0) is 148 Å². The van der Waals surface area contributed by atoms with Crippen molar-refractivity contribution in [1.29, 1.82) is 0 Å². The summed E-state index contributed by atoms with van der Waals surface area (Å²) in [5.41, 5.74) is 0. The van der Waals surface area contributed by atoms with Gasteiger partial charge in [-0.25, -0.2) is 0 Å². The first-order valence-electron chi connectivity index (χ1n) is 34.3. The van der Waals surface area contributed by atoms with Crippen LogP contribution in [0.5, 0.6) is 0 Å². The van der Waals surface area contributed by atoms with Gasteiger partial charge in [-0.15, -0.1) is 0 Å². The van der Waals surface area contributed by atoms with Crippen LogP contribution in [0.3, 0.4) is 0 Å². The first-order valence-corrected chi connectivity index (χ1v) is 34.3. The molecule has 0 N–H and O–H groups in total. The molecule has 0 amide bonds. The average molecular weight is 1150 g/mol. The van der Waals surface area contributed by atoms with Gasteiger partial charge in [0.2, 0.25) is 0 Å². The van der Waals surface area contributed by atoms with Gasteiger partial charge in [0.05, 0.1) is 0 Å². The van der Waals surface area contributed by atoms with Crippen molar-refractivity contribution >= 4 is 17.9 Å². The molecule has 0 radical (unpaired) electrons.